The summed E-state index contributed by atoms with van der Waals surface area (Å²) in [6.07, 6.45) is 7.25. The molecule has 0 spiro atoms. The fourth-order valence-corrected chi connectivity index (χ4v) is 4.39. The van der Waals surface area contributed by atoms with E-state index in [2.05, 4.69) is 35.8 Å². The number of allylic oxidation sites excluding steroid dienone is 2. The molecule has 0 saturated heterocycles. The number of anilines is 1. The van der Waals surface area contributed by atoms with E-state index in [-0.39, 0.29) is 35.3 Å². The standard InChI is InChI=1S/C23H26N2O3/c1-2-3-12-24-23(28)19-9-5-8-17-15-6-4-7-16(15)21(25-22(17)19)18-11-10-14(26)13-20(18)27/h4-6,8-11,13,15-16,21,25-27H,2-3,7,12H2,1H3,(H,24,28). The predicted molar refractivity (Wildman–Crippen MR) is 110 cm³/mol. The van der Waals surface area contributed by atoms with Gasteiger partial charge in [0.1, 0.15) is 11.5 Å². The lowest BCUT2D eigenvalue weighted by molar-refractivity contribution is 0.0953. The summed E-state index contributed by atoms with van der Waals surface area (Å²) in [6.45, 7) is 2.76. The van der Waals surface area contributed by atoms with Crippen molar-refractivity contribution < 1.29 is 15.0 Å². The van der Waals surface area contributed by atoms with E-state index < -0.39 is 0 Å². The minimum Gasteiger partial charge on any atom is -0.508 e. The van der Waals surface area contributed by atoms with E-state index in [1.807, 2.05) is 12.1 Å². The molecule has 4 N–H and O–H groups in total. The van der Waals surface area contributed by atoms with Crippen LogP contribution in [-0.4, -0.2) is 22.7 Å². The number of benzene rings is 2. The molecule has 0 aromatic heterocycles. The number of phenolic OH excluding ortho intramolecular Hbond substituents is 2. The van der Waals surface area contributed by atoms with E-state index in [4.69, 9.17) is 0 Å². The predicted octanol–water partition coefficient (Wildman–Crippen LogP) is 4.45. The van der Waals surface area contributed by atoms with Crippen LogP contribution in [0.3, 0.4) is 0 Å². The Morgan fingerprint density at radius 1 is 1.21 bits per heavy atom. The number of amides is 1. The number of unbranched alkanes of at least 4 members (excludes halogenated alkanes) is 1. The number of hydrogen-bond donors (Lipinski definition) is 4. The van der Waals surface area contributed by atoms with Crippen molar-refractivity contribution in [2.24, 2.45) is 5.92 Å². The monoisotopic (exact) mass is 378 g/mol. The molecule has 0 fully saturated rings. The smallest absolute Gasteiger partial charge is 0.253 e. The number of carbonyl (C=O) groups excluding carboxylic acids is 1. The molecule has 146 valence electrons. The number of aromatic hydroxyl groups is 2. The number of fused-ring (bicyclic) bond motifs is 3. The number of carbonyl (C=O) groups is 1. The van der Waals surface area contributed by atoms with Crippen molar-refractivity contribution in [1.29, 1.82) is 0 Å². The number of para-hydroxylation sites is 1. The molecule has 28 heavy (non-hydrogen) atoms. The highest BCUT2D eigenvalue weighted by Gasteiger charge is 2.40. The first-order valence-electron chi connectivity index (χ1n) is 9.96. The maximum Gasteiger partial charge on any atom is 0.253 e. The van der Waals surface area contributed by atoms with Gasteiger partial charge in [0.15, 0.2) is 0 Å². The number of hydrogen-bond acceptors (Lipinski definition) is 4. The van der Waals surface area contributed by atoms with Crippen molar-refractivity contribution in [2.75, 3.05) is 11.9 Å². The Hall–Kier alpha value is -2.95. The van der Waals surface area contributed by atoms with Crippen LogP contribution in [0.1, 0.15) is 59.6 Å². The van der Waals surface area contributed by atoms with Gasteiger partial charge in [-0.3, -0.25) is 4.79 Å². The maximum atomic E-state index is 12.8. The van der Waals surface area contributed by atoms with Crippen molar-refractivity contribution >= 4 is 11.6 Å². The second kappa shape index (κ2) is 7.58. The molecule has 1 amide bonds. The Morgan fingerprint density at radius 2 is 2.07 bits per heavy atom. The minimum absolute atomic E-state index is 0.0366. The highest BCUT2D eigenvalue weighted by molar-refractivity contribution is 6.00. The number of rotatable bonds is 5. The Kier molecular flexibility index (Phi) is 4.99. The third-order valence-corrected chi connectivity index (χ3v) is 5.81. The van der Waals surface area contributed by atoms with Gasteiger partial charge in [0, 0.05) is 24.1 Å². The number of phenols is 2. The van der Waals surface area contributed by atoms with Crippen molar-refractivity contribution in [2.45, 2.75) is 38.1 Å². The molecule has 0 radical (unpaired) electrons. The second-order valence-corrected chi connectivity index (χ2v) is 7.60. The van der Waals surface area contributed by atoms with Crippen LogP contribution < -0.4 is 10.6 Å². The lowest BCUT2D eigenvalue weighted by Crippen LogP contribution is -2.32. The molecule has 2 aliphatic rings. The van der Waals surface area contributed by atoms with Crippen molar-refractivity contribution in [3.63, 3.8) is 0 Å². The molecule has 4 rings (SSSR count). The fourth-order valence-electron chi connectivity index (χ4n) is 4.39. The van der Waals surface area contributed by atoms with Crippen LogP contribution in [-0.2, 0) is 0 Å². The molecule has 0 bridgehead atoms. The SMILES string of the molecule is CCCCNC(=O)c1cccc2c1NC(c1ccc(O)cc1O)C1CC=CC21. The van der Waals surface area contributed by atoms with Gasteiger partial charge in [0.2, 0.25) is 0 Å². The Bertz CT molecular complexity index is 922. The molecule has 3 atom stereocenters. The van der Waals surface area contributed by atoms with Gasteiger partial charge < -0.3 is 20.8 Å². The third-order valence-electron chi connectivity index (χ3n) is 5.81. The summed E-state index contributed by atoms with van der Waals surface area (Å²) in [6, 6.07) is 10.4. The van der Waals surface area contributed by atoms with E-state index in [1.165, 1.54) is 6.07 Å². The molecule has 1 heterocycles. The van der Waals surface area contributed by atoms with Gasteiger partial charge in [-0.25, -0.2) is 0 Å². The van der Waals surface area contributed by atoms with E-state index in [9.17, 15) is 15.0 Å². The molecule has 2 aromatic rings. The zero-order valence-electron chi connectivity index (χ0n) is 16.0. The summed E-state index contributed by atoms with van der Waals surface area (Å²) in [5.74, 6) is 0.470. The highest BCUT2D eigenvalue weighted by atomic mass is 16.3. The molecule has 0 saturated carbocycles. The van der Waals surface area contributed by atoms with Crippen molar-refractivity contribution in [3.8, 4) is 11.5 Å². The summed E-state index contributed by atoms with van der Waals surface area (Å²) in [5.41, 5.74) is 3.33. The minimum atomic E-state index is -0.141. The molecule has 2 aromatic carbocycles. The molecule has 1 aliphatic heterocycles. The maximum absolute atomic E-state index is 12.8. The normalized spacial score (nSPS) is 22.2. The van der Waals surface area contributed by atoms with E-state index in [1.54, 1.807) is 12.1 Å². The van der Waals surface area contributed by atoms with Gasteiger partial charge in [-0.05, 0) is 42.5 Å². The van der Waals surface area contributed by atoms with Crippen LogP contribution in [0.2, 0.25) is 0 Å². The van der Waals surface area contributed by atoms with Gasteiger partial charge in [0.25, 0.3) is 5.91 Å². The van der Waals surface area contributed by atoms with Crippen molar-refractivity contribution in [3.05, 3.63) is 65.2 Å². The van der Waals surface area contributed by atoms with Crippen molar-refractivity contribution in [1.82, 2.24) is 5.32 Å². The van der Waals surface area contributed by atoms with Gasteiger partial charge in [-0.1, -0.05) is 37.6 Å². The van der Waals surface area contributed by atoms with E-state index >= 15 is 0 Å². The van der Waals surface area contributed by atoms with Crippen LogP contribution in [0, 0.1) is 5.92 Å². The Labute approximate surface area is 165 Å². The molecular formula is C23H26N2O3. The first-order valence-corrected chi connectivity index (χ1v) is 9.96. The summed E-state index contributed by atoms with van der Waals surface area (Å²) in [5, 5.41) is 26.6. The summed E-state index contributed by atoms with van der Waals surface area (Å²) in [7, 11) is 0. The zero-order valence-corrected chi connectivity index (χ0v) is 16.0. The van der Waals surface area contributed by atoms with Gasteiger partial charge in [0.05, 0.1) is 17.3 Å². The first-order chi connectivity index (χ1) is 13.6. The number of nitrogens with one attached hydrogen (secondary N) is 2. The van der Waals surface area contributed by atoms with Gasteiger partial charge in [-0.2, -0.15) is 0 Å². The second-order valence-electron chi connectivity index (χ2n) is 7.60. The van der Waals surface area contributed by atoms with Crippen LogP contribution in [0.25, 0.3) is 0 Å². The molecule has 5 heteroatoms. The molecule has 3 unspecified atom stereocenters. The third kappa shape index (κ3) is 3.21. The quantitative estimate of drug-likeness (QED) is 0.458. The van der Waals surface area contributed by atoms with Crippen LogP contribution in [0.4, 0.5) is 5.69 Å². The van der Waals surface area contributed by atoms with Gasteiger partial charge >= 0.3 is 0 Å². The topological polar surface area (TPSA) is 81.6 Å². The summed E-state index contributed by atoms with van der Waals surface area (Å²) >= 11 is 0. The zero-order chi connectivity index (χ0) is 19.7. The molecule has 5 nitrogen and oxygen atoms in total. The van der Waals surface area contributed by atoms with E-state index in [0.717, 1.165) is 36.1 Å². The van der Waals surface area contributed by atoms with Crippen LogP contribution >= 0.6 is 0 Å². The summed E-state index contributed by atoms with van der Waals surface area (Å²) < 4.78 is 0. The average Bonchev–Trinajstić information content (AvgIpc) is 3.17. The Morgan fingerprint density at radius 3 is 2.86 bits per heavy atom. The molecular weight excluding hydrogens is 352 g/mol. The average molecular weight is 378 g/mol. The van der Waals surface area contributed by atoms with Crippen LogP contribution in [0.5, 0.6) is 11.5 Å². The van der Waals surface area contributed by atoms with Crippen LogP contribution in [0.15, 0.2) is 48.6 Å². The Balaban J connectivity index is 1.73. The highest BCUT2D eigenvalue weighted by Crippen LogP contribution is 2.52. The largest absolute Gasteiger partial charge is 0.508 e. The van der Waals surface area contributed by atoms with Gasteiger partial charge in [-0.15, -0.1) is 0 Å². The first kappa shape index (κ1) is 18.4. The fraction of sp³-hybridized carbons (Fsp3) is 0.348. The van der Waals surface area contributed by atoms with E-state index in [0.29, 0.717) is 12.1 Å². The lowest BCUT2D eigenvalue weighted by atomic mass is 9.76. The lowest BCUT2D eigenvalue weighted by Gasteiger charge is -2.38. The summed E-state index contributed by atoms with van der Waals surface area (Å²) in [4.78, 5) is 12.8. The molecule has 1 aliphatic carbocycles.